The molecule has 1 aliphatic rings. The third kappa shape index (κ3) is 11.4. The highest BCUT2D eigenvalue weighted by Gasteiger charge is 2.31. The zero-order chi connectivity index (χ0) is 34.3. The van der Waals surface area contributed by atoms with Gasteiger partial charge in [-0.25, -0.2) is 4.99 Å². The molecule has 0 radical (unpaired) electrons. The van der Waals surface area contributed by atoms with Crippen molar-refractivity contribution in [1.82, 2.24) is 10.6 Å². The molecule has 3 aromatic rings. The monoisotopic (exact) mass is 723 g/mol. The lowest BCUT2D eigenvalue weighted by molar-refractivity contribution is -0.384. The molecule has 0 aliphatic carbocycles. The van der Waals surface area contributed by atoms with Gasteiger partial charge in [0.25, 0.3) is 5.69 Å². The molecular formula is C33H38BrN7O7. The van der Waals surface area contributed by atoms with Crippen LogP contribution in [0.1, 0.15) is 36.4 Å². The predicted octanol–water partition coefficient (Wildman–Crippen LogP) is 3.81. The second kappa shape index (κ2) is 18.5. The third-order valence-electron chi connectivity index (χ3n) is 7.18. The summed E-state index contributed by atoms with van der Waals surface area (Å²) >= 11 is 3.46. The number of nitro benzene ring substituents is 1. The largest absolute Gasteiger partial charge is 0.377 e. The number of primary amides is 1. The van der Waals surface area contributed by atoms with Crippen LogP contribution in [-0.4, -0.2) is 68.1 Å². The molecule has 1 heterocycles. The fourth-order valence-corrected chi connectivity index (χ4v) is 5.10. The van der Waals surface area contributed by atoms with Crippen LogP contribution in [0.25, 0.3) is 0 Å². The Hall–Kier alpha value is -4.86. The summed E-state index contributed by atoms with van der Waals surface area (Å²) in [5.41, 5.74) is 8.03. The Morgan fingerprint density at radius 3 is 2.21 bits per heavy atom. The van der Waals surface area contributed by atoms with Crippen molar-refractivity contribution in [2.75, 3.05) is 49.7 Å². The number of nitrogens with one attached hydrogen (secondary N) is 3. The van der Waals surface area contributed by atoms with Crippen molar-refractivity contribution in [1.29, 1.82) is 0 Å². The summed E-state index contributed by atoms with van der Waals surface area (Å²) in [6.45, 7) is 2.11. The van der Waals surface area contributed by atoms with Crippen LogP contribution in [0.3, 0.4) is 0 Å². The number of fused-ring (bicyclic) bond motifs is 1. The maximum Gasteiger partial charge on any atom is 0.269 e. The van der Waals surface area contributed by atoms with Gasteiger partial charge >= 0.3 is 0 Å². The van der Waals surface area contributed by atoms with E-state index >= 15 is 0 Å². The van der Waals surface area contributed by atoms with Gasteiger partial charge in [0.2, 0.25) is 23.7 Å². The van der Waals surface area contributed by atoms with Gasteiger partial charge in [0.15, 0.2) is 0 Å². The van der Waals surface area contributed by atoms with Crippen LogP contribution in [0.5, 0.6) is 0 Å². The number of non-ortho nitro benzene ring substituents is 1. The van der Waals surface area contributed by atoms with Crippen molar-refractivity contribution >= 4 is 56.7 Å². The van der Waals surface area contributed by atoms with Gasteiger partial charge < -0.3 is 36.1 Å². The van der Waals surface area contributed by atoms with Gasteiger partial charge in [-0.2, -0.15) is 0 Å². The first-order chi connectivity index (χ1) is 23.2. The Labute approximate surface area is 286 Å². The first-order valence-corrected chi connectivity index (χ1v) is 16.2. The number of carbonyl (C=O) groups excluding carboxylic acids is 3. The molecular weight excluding hydrogens is 686 g/mol. The molecule has 15 heteroatoms. The van der Waals surface area contributed by atoms with Crippen molar-refractivity contribution in [2.45, 2.75) is 31.8 Å². The fourth-order valence-electron chi connectivity index (χ4n) is 4.83. The molecule has 0 bridgehead atoms. The van der Waals surface area contributed by atoms with Crippen molar-refractivity contribution in [3.8, 4) is 0 Å². The lowest BCUT2D eigenvalue weighted by atomic mass is 9.98. The van der Waals surface area contributed by atoms with Crippen molar-refractivity contribution in [3.63, 3.8) is 0 Å². The molecule has 1 aliphatic heterocycles. The Morgan fingerprint density at radius 1 is 0.896 bits per heavy atom. The van der Waals surface area contributed by atoms with Gasteiger partial charge in [-0.1, -0.05) is 46.3 Å². The van der Waals surface area contributed by atoms with Crippen molar-refractivity contribution < 1.29 is 28.8 Å². The average Bonchev–Trinajstić information content (AvgIpc) is 3.07. The number of nitrogens with zero attached hydrogens (tertiary/aromatic N) is 3. The molecule has 0 aromatic heterocycles. The van der Waals surface area contributed by atoms with E-state index in [-0.39, 0.29) is 63.1 Å². The smallest absolute Gasteiger partial charge is 0.269 e. The summed E-state index contributed by atoms with van der Waals surface area (Å²) in [5, 5.41) is 20.5. The molecule has 3 aromatic carbocycles. The molecule has 1 unspecified atom stereocenters. The molecule has 0 saturated carbocycles. The van der Waals surface area contributed by atoms with Gasteiger partial charge in [0, 0.05) is 53.8 Å². The summed E-state index contributed by atoms with van der Waals surface area (Å²) in [7, 11) is 0. The second-order valence-corrected chi connectivity index (χ2v) is 11.7. The first kappa shape index (κ1) is 36.0. The van der Waals surface area contributed by atoms with E-state index in [1.54, 1.807) is 6.07 Å². The number of hydrogen-bond acceptors (Lipinski definition) is 10. The fraction of sp³-hybridized carbons (Fsp3) is 0.333. The third-order valence-corrected chi connectivity index (χ3v) is 7.70. The lowest BCUT2D eigenvalue weighted by Crippen LogP contribution is -2.40. The number of ether oxygens (including phenoxy) is 2. The number of nitro groups is 1. The number of anilines is 2. The Balaban J connectivity index is 1.34. The normalized spacial score (nSPS) is 13.6. The van der Waals surface area contributed by atoms with Crippen molar-refractivity contribution in [2.24, 2.45) is 10.7 Å². The highest BCUT2D eigenvalue weighted by Crippen LogP contribution is 2.39. The molecule has 0 spiro atoms. The number of aliphatic imine (C=N–C) groups is 1. The van der Waals surface area contributed by atoms with Gasteiger partial charge in [0.1, 0.15) is 0 Å². The van der Waals surface area contributed by atoms with Gasteiger partial charge in [-0.15, -0.1) is 0 Å². The number of halogens is 1. The van der Waals surface area contributed by atoms with E-state index in [4.69, 9.17) is 20.2 Å². The van der Waals surface area contributed by atoms with Gasteiger partial charge in [-0.05, 0) is 35.9 Å². The van der Waals surface area contributed by atoms with Gasteiger partial charge in [0.05, 0.1) is 56.0 Å². The van der Waals surface area contributed by atoms with Crippen LogP contribution in [-0.2, 0) is 30.4 Å². The molecule has 3 amide bonds. The van der Waals surface area contributed by atoms with Gasteiger partial charge in [-0.3, -0.25) is 24.5 Å². The summed E-state index contributed by atoms with van der Waals surface area (Å²) < 4.78 is 11.9. The highest BCUT2D eigenvalue weighted by molar-refractivity contribution is 9.10. The van der Waals surface area contributed by atoms with Crippen molar-refractivity contribution in [3.05, 3.63) is 98.5 Å². The molecule has 48 heavy (non-hydrogen) atoms. The minimum absolute atomic E-state index is 0.000924. The zero-order valence-electron chi connectivity index (χ0n) is 26.2. The van der Waals surface area contributed by atoms with E-state index in [1.807, 2.05) is 59.5 Å². The highest BCUT2D eigenvalue weighted by atomic mass is 79.9. The second-order valence-electron chi connectivity index (χ2n) is 10.8. The minimum atomic E-state index is -0.685. The van der Waals surface area contributed by atoms with Crippen LogP contribution in [0.4, 0.5) is 17.1 Å². The maximum absolute atomic E-state index is 13.1. The van der Waals surface area contributed by atoms with Crippen LogP contribution in [0.2, 0.25) is 0 Å². The van der Waals surface area contributed by atoms with E-state index in [9.17, 15) is 24.5 Å². The number of rotatable bonds is 18. The van der Waals surface area contributed by atoms with E-state index in [1.165, 1.54) is 12.1 Å². The lowest BCUT2D eigenvalue weighted by Gasteiger charge is -2.35. The Bertz CT molecular complexity index is 1590. The Kier molecular flexibility index (Phi) is 13.8. The standard InChI is InChI=1S/C33H38BrN7O7/c34-24-6-8-25(9-7-24)38-33-39-28(21-32(44)37-15-17-48-19-18-47-16-14-36-31(43)13-12-30(35)42)27-20-26(41(45)46)10-11-29(27)40(33)22-23-4-2-1-3-5-23/h1-11,20,28H,12-19,21-22H2,(H2,35,42)(H,36,43)(H,37,44)(H,38,39). The summed E-state index contributed by atoms with van der Waals surface area (Å²) in [6, 6.07) is 21.4. The number of amides is 3. The molecule has 5 N–H and O–H groups in total. The average molecular weight is 725 g/mol. The zero-order valence-corrected chi connectivity index (χ0v) is 27.8. The van der Waals surface area contributed by atoms with Crippen LogP contribution < -0.4 is 26.6 Å². The van der Waals surface area contributed by atoms with Crippen LogP contribution >= 0.6 is 15.9 Å². The number of guanidine groups is 1. The summed E-state index contributed by atoms with van der Waals surface area (Å²) in [5.74, 6) is -0.577. The number of hydrogen-bond donors (Lipinski definition) is 4. The quantitative estimate of drug-likeness (QED) is 0.0859. The van der Waals surface area contributed by atoms with Crippen LogP contribution in [0, 0.1) is 10.1 Å². The predicted molar refractivity (Wildman–Crippen MR) is 184 cm³/mol. The van der Waals surface area contributed by atoms with E-state index < -0.39 is 16.9 Å². The maximum atomic E-state index is 13.1. The first-order valence-electron chi connectivity index (χ1n) is 15.4. The summed E-state index contributed by atoms with van der Waals surface area (Å²) in [6.07, 6.45) is 0.00660. The molecule has 0 fully saturated rings. The molecule has 4 rings (SSSR count). The molecule has 1 atom stereocenters. The number of benzene rings is 3. The topological polar surface area (TPSA) is 191 Å². The molecule has 254 valence electrons. The Morgan fingerprint density at radius 2 is 1.56 bits per heavy atom. The van der Waals surface area contributed by atoms with E-state index in [2.05, 4.69) is 31.9 Å². The number of carbonyl (C=O) groups is 3. The molecule has 0 saturated heterocycles. The molecule has 14 nitrogen and oxygen atoms in total. The SMILES string of the molecule is NC(=O)CCC(=O)NCCOCCOCCNC(=O)CC1N=C(Nc2ccc(Br)cc2)N(Cc2ccccc2)c2ccc([N+](=O)[O-])cc21. The van der Waals surface area contributed by atoms with E-state index in [0.717, 1.165) is 15.7 Å². The van der Waals surface area contributed by atoms with Crippen LogP contribution in [0.15, 0.2) is 82.3 Å². The minimum Gasteiger partial charge on any atom is -0.377 e. The number of nitrogens with two attached hydrogens (primary N) is 1. The summed E-state index contributed by atoms with van der Waals surface area (Å²) in [4.78, 5) is 53.5. The van der Waals surface area contributed by atoms with E-state index in [0.29, 0.717) is 36.9 Å².